The maximum atomic E-state index is 12.6. The standard InChI is InChI=1S/C21H19N3O3/c1-12-6-13(2)20(14(3)7-12)24-21(26)16(10-22)8-15-4-5-18-17(9-15)23-19(25)11-27-18/h4-9H,11H2,1-3H3,(H,23,25)(H,24,26)/b16-8-. The fourth-order valence-electron chi connectivity index (χ4n) is 3.06. The molecular weight excluding hydrogens is 342 g/mol. The Bertz CT molecular complexity index is 993. The van der Waals surface area contributed by atoms with E-state index in [0.29, 0.717) is 22.7 Å². The Morgan fingerprint density at radius 2 is 1.93 bits per heavy atom. The third-order valence-corrected chi connectivity index (χ3v) is 4.23. The zero-order valence-corrected chi connectivity index (χ0v) is 15.3. The maximum absolute atomic E-state index is 12.6. The zero-order valence-electron chi connectivity index (χ0n) is 15.3. The van der Waals surface area contributed by atoms with Crippen LogP contribution in [-0.2, 0) is 9.59 Å². The van der Waals surface area contributed by atoms with E-state index < -0.39 is 5.91 Å². The number of hydrogen-bond donors (Lipinski definition) is 2. The fourth-order valence-corrected chi connectivity index (χ4v) is 3.06. The molecule has 1 aliphatic heterocycles. The number of aryl methyl sites for hydroxylation is 3. The molecule has 27 heavy (non-hydrogen) atoms. The van der Waals surface area contributed by atoms with Gasteiger partial charge in [0.15, 0.2) is 6.61 Å². The van der Waals surface area contributed by atoms with Crippen molar-refractivity contribution in [3.8, 4) is 11.8 Å². The summed E-state index contributed by atoms with van der Waals surface area (Å²) in [4.78, 5) is 24.0. The summed E-state index contributed by atoms with van der Waals surface area (Å²) in [5, 5.41) is 15.0. The topological polar surface area (TPSA) is 91.2 Å². The number of benzene rings is 2. The Balaban J connectivity index is 1.87. The zero-order chi connectivity index (χ0) is 19.6. The number of amides is 2. The largest absolute Gasteiger partial charge is 0.482 e. The number of carbonyl (C=O) groups excluding carboxylic acids is 2. The summed E-state index contributed by atoms with van der Waals surface area (Å²) in [6, 6.07) is 11.0. The third kappa shape index (κ3) is 3.98. The Morgan fingerprint density at radius 1 is 1.22 bits per heavy atom. The van der Waals surface area contributed by atoms with Crippen LogP contribution < -0.4 is 15.4 Å². The van der Waals surface area contributed by atoms with Crippen molar-refractivity contribution in [1.82, 2.24) is 0 Å². The number of nitrogens with one attached hydrogen (secondary N) is 2. The lowest BCUT2D eigenvalue weighted by atomic mass is 10.0. The van der Waals surface area contributed by atoms with E-state index >= 15 is 0 Å². The van der Waals surface area contributed by atoms with Gasteiger partial charge in [0.05, 0.1) is 5.69 Å². The lowest BCUT2D eigenvalue weighted by Crippen LogP contribution is -2.25. The van der Waals surface area contributed by atoms with Crippen molar-refractivity contribution < 1.29 is 14.3 Å². The van der Waals surface area contributed by atoms with Crippen LogP contribution in [0, 0.1) is 32.1 Å². The van der Waals surface area contributed by atoms with Crippen molar-refractivity contribution in [2.75, 3.05) is 17.2 Å². The molecule has 0 atom stereocenters. The van der Waals surface area contributed by atoms with Crippen molar-refractivity contribution >= 4 is 29.3 Å². The molecule has 6 nitrogen and oxygen atoms in total. The van der Waals surface area contributed by atoms with Crippen LogP contribution in [0.5, 0.6) is 5.75 Å². The Hall–Kier alpha value is -3.59. The molecule has 3 rings (SSSR count). The number of carbonyl (C=O) groups is 2. The van der Waals surface area contributed by atoms with Gasteiger partial charge in [-0.2, -0.15) is 5.26 Å². The molecule has 0 fully saturated rings. The van der Waals surface area contributed by atoms with Crippen molar-refractivity contribution in [2.45, 2.75) is 20.8 Å². The van der Waals surface area contributed by atoms with Crippen molar-refractivity contribution in [3.63, 3.8) is 0 Å². The Kier molecular flexibility index (Phi) is 4.95. The van der Waals surface area contributed by atoms with Gasteiger partial charge in [-0.05, 0) is 55.7 Å². The van der Waals surface area contributed by atoms with E-state index in [1.807, 2.05) is 39.0 Å². The number of nitriles is 1. The second-order valence-electron chi connectivity index (χ2n) is 6.49. The van der Waals surface area contributed by atoms with Gasteiger partial charge in [-0.15, -0.1) is 0 Å². The molecule has 6 heteroatoms. The molecule has 1 heterocycles. The van der Waals surface area contributed by atoms with Crippen LogP contribution in [0.1, 0.15) is 22.3 Å². The van der Waals surface area contributed by atoms with Crippen LogP contribution in [0.2, 0.25) is 0 Å². The highest BCUT2D eigenvalue weighted by Crippen LogP contribution is 2.29. The van der Waals surface area contributed by atoms with E-state index in [4.69, 9.17) is 4.74 Å². The number of nitrogens with zero attached hydrogens (tertiary/aromatic N) is 1. The first-order valence-corrected chi connectivity index (χ1v) is 8.45. The summed E-state index contributed by atoms with van der Waals surface area (Å²) in [6.07, 6.45) is 1.48. The highest BCUT2D eigenvalue weighted by atomic mass is 16.5. The van der Waals surface area contributed by atoms with Gasteiger partial charge in [0.25, 0.3) is 11.8 Å². The van der Waals surface area contributed by atoms with E-state index in [2.05, 4.69) is 10.6 Å². The molecule has 0 spiro atoms. The number of anilines is 2. The van der Waals surface area contributed by atoms with Crippen LogP contribution in [0.25, 0.3) is 6.08 Å². The smallest absolute Gasteiger partial charge is 0.266 e. The van der Waals surface area contributed by atoms with E-state index in [1.54, 1.807) is 18.2 Å². The normalized spacial score (nSPS) is 13.1. The predicted molar refractivity (Wildman–Crippen MR) is 103 cm³/mol. The van der Waals surface area contributed by atoms with Gasteiger partial charge in [-0.1, -0.05) is 23.8 Å². The van der Waals surface area contributed by atoms with E-state index in [0.717, 1.165) is 16.7 Å². The summed E-state index contributed by atoms with van der Waals surface area (Å²) in [5.41, 5.74) is 4.79. The number of hydrogen-bond acceptors (Lipinski definition) is 4. The van der Waals surface area contributed by atoms with Gasteiger partial charge in [0, 0.05) is 5.69 Å². The average molecular weight is 361 g/mol. The molecule has 0 aromatic heterocycles. The molecule has 0 unspecified atom stereocenters. The van der Waals surface area contributed by atoms with Gasteiger partial charge in [-0.3, -0.25) is 9.59 Å². The van der Waals surface area contributed by atoms with Gasteiger partial charge in [-0.25, -0.2) is 0 Å². The van der Waals surface area contributed by atoms with Crippen LogP contribution in [0.15, 0.2) is 35.9 Å². The fraction of sp³-hybridized carbons (Fsp3) is 0.190. The van der Waals surface area contributed by atoms with Crippen LogP contribution in [0.4, 0.5) is 11.4 Å². The molecule has 2 aromatic carbocycles. The summed E-state index contributed by atoms with van der Waals surface area (Å²) in [6.45, 7) is 5.79. The minimum atomic E-state index is -0.481. The Morgan fingerprint density at radius 3 is 2.59 bits per heavy atom. The molecule has 0 radical (unpaired) electrons. The highest BCUT2D eigenvalue weighted by molar-refractivity contribution is 6.10. The molecule has 0 aliphatic carbocycles. The van der Waals surface area contributed by atoms with Gasteiger partial charge in [0.2, 0.25) is 0 Å². The summed E-state index contributed by atoms with van der Waals surface area (Å²) in [5.74, 6) is -0.168. The van der Waals surface area contributed by atoms with Crippen LogP contribution >= 0.6 is 0 Å². The minimum absolute atomic E-state index is 0.0245. The van der Waals surface area contributed by atoms with Crippen LogP contribution in [0.3, 0.4) is 0 Å². The SMILES string of the molecule is Cc1cc(C)c(NC(=O)/C(C#N)=C\c2ccc3c(c2)NC(=O)CO3)c(C)c1. The Labute approximate surface area is 157 Å². The van der Waals surface area contributed by atoms with Gasteiger partial charge in [0.1, 0.15) is 17.4 Å². The lowest BCUT2D eigenvalue weighted by molar-refractivity contribution is -0.118. The first-order chi connectivity index (χ1) is 12.9. The molecule has 1 aliphatic rings. The van der Waals surface area contributed by atoms with Gasteiger partial charge < -0.3 is 15.4 Å². The molecule has 136 valence electrons. The van der Waals surface area contributed by atoms with E-state index in [1.165, 1.54) is 6.08 Å². The quantitative estimate of drug-likeness (QED) is 0.647. The molecule has 2 aromatic rings. The van der Waals surface area contributed by atoms with E-state index in [9.17, 15) is 14.9 Å². The van der Waals surface area contributed by atoms with Crippen molar-refractivity contribution in [2.24, 2.45) is 0 Å². The third-order valence-electron chi connectivity index (χ3n) is 4.23. The number of fused-ring (bicyclic) bond motifs is 1. The maximum Gasteiger partial charge on any atom is 0.266 e. The van der Waals surface area contributed by atoms with Gasteiger partial charge >= 0.3 is 0 Å². The first kappa shape index (κ1) is 18.2. The summed E-state index contributed by atoms with van der Waals surface area (Å²) in [7, 11) is 0. The second kappa shape index (κ2) is 7.34. The molecule has 2 amide bonds. The molecule has 2 N–H and O–H groups in total. The molecule has 0 bridgehead atoms. The molecular formula is C21H19N3O3. The van der Waals surface area contributed by atoms with E-state index in [-0.39, 0.29) is 18.1 Å². The minimum Gasteiger partial charge on any atom is -0.482 e. The second-order valence-corrected chi connectivity index (χ2v) is 6.49. The number of ether oxygens (including phenoxy) is 1. The van der Waals surface area contributed by atoms with Crippen molar-refractivity contribution in [1.29, 1.82) is 5.26 Å². The monoisotopic (exact) mass is 361 g/mol. The number of rotatable bonds is 3. The lowest BCUT2D eigenvalue weighted by Gasteiger charge is -2.18. The first-order valence-electron chi connectivity index (χ1n) is 8.45. The molecule has 0 saturated heterocycles. The summed E-state index contributed by atoms with van der Waals surface area (Å²) < 4.78 is 5.31. The highest BCUT2D eigenvalue weighted by Gasteiger charge is 2.17. The average Bonchev–Trinajstić information content (AvgIpc) is 2.62. The van der Waals surface area contributed by atoms with Crippen molar-refractivity contribution in [3.05, 3.63) is 58.2 Å². The van der Waals surface area contributed by atoms with Crippen LogP contribution in [-0.4, -0.2) is 18.4 Å². The predicted octanol–water partition coefficient (Wildman–Crippen LogP) is 3.49. The molecule has 0 saturated carbocycles. The summed E-state index contributed by atoms with van der Waals surface area (Å²) >= 11 is 0.